The van der Waals surface area contributed by atoms with Crippen LogP contribution in [-0.4, -0.2) is 36.4 Å². The molecule has 0 aliphatic carbocycles. The summed E-state index contributed by atoms with van der Waals surface area (Å²) in [4.78, 5) is 35.7. The van der Waals surface area contributed by atoms with Crippen LogP contribution in [-0.2, 0) is 9.59 Å². The molecule has 6 heteroatoms. The Hall–Kier alpha value is -2.37. The number of carboxylic acid groups (broad SMARTS) is 1. The summed E-state index contributed by atoms with van der Waals surface area (Å²) in [5.74, 6) is -1.26. The lowest BCUT2D eigenvalue weighted by molar-refractivity contribution is -0.137. The molecule has 1 heterocycles. The number of hydrogen-bond donors (Lipinski definition) is 1. The molecule has 1 aliphatic rings. The predicted molar refractivity (Wildman–Crippen MR) is 75.8 cm³/mol. The fraction of sp³-hybridized carbons (Fsp3) is 0.400. The van der Waals surface area contributed by atoms with E-state index in [2.05, 4.69) is 0 Å². The summed E-state index contributed by atoms with van der Waals surface area (Å²) in [5, 5.41) is 8.57. The second kappa shape index (κ2) is 6.39. The lowest BCUT2D eigenvalue weighted by Crippen LogP contribution is -2.30. The lowest BCUT2D eigenvalue weighted by Gasteiger charge is -2.16. The van der Waals surface area contributed by atoms with E-state index in [9.17, 15) is 14.4 Å². The van der Waals surface area contributed by atoms with Gasteiger partial charge in [0.05, 0.1) is 18.4 Å². The van der Waals surface area contributed by atoms with Crippen LogP contribution in [0.4, 0.5) is 5.69 Å². The van der Waals surface area contributed by atoms with Crippen LogP contribution in [0.25, 0.3) is 0 Å². The van der Waals surface area contributed by atoms with Gasteiger partial charge in [-0.15, -0.1) is 0 Å². The number of methoxy groups -OCH3 is 1. The quantitative estimate of drug-likeness (QED) is 0.612. The van der Waals surface area contributed by atoms with Crippen LogP contribution < -0.4 is 9.64 Å². The number of fused-ring (bicyclic) bond motifs is 1. The molecular formula is C15H17NO5. The average molecular weight is 291 g/mol. The molecule has 0 unspecified atom stereocenters. The molecule has 1 aliphatic heterocycles. The van der Waals surface area contributed by atoms with Crippen molar-refractivity contribution in [2.75, 3.05) is 18.6 Å². The number of benzene rings is 1. The Kier molecular flexibility index (Phi) is 4.57. The number of hydrogen-bond acceptors (Lipinski definition) is 4. The van der Waals surface area contributed by atoms with E-state index >= 15 is 0 Å². The average Bonchev–Trinajstić information content (AvgIpc) is 2.70. The first-order chi connectivity index (χ1) is 10.0. The molecule has 1 N–H and O–H groups in total. The molecule has 0 saturated carbocycles. The Morgan fingerprint density at radius 2 is 2.00 bits per heavy atom. The number of Topliss-reactive ketones (excluding diaryl/α,β-unsaturated/α-hetero) is 1. The summed E-state index contributed by atoms with van der Waals surface area (Å²) in [7, 11) is 1.52. The maximum atomic E-state index is 12.0. The van der Waals surface area contributed by atoms with Gasteiger partial charge in [-0.3, -0.25) is 14.4 Å². The number of aliphatic carboxylic acids is 1. The molecule has 112 valence electrons. The highest BCUT2D eigenvalue weighted by molar-refractivity contribution is 6.52. The lowest BCUT2D eigenvalue weighted by atomic mass is 10.1. The van der Waals surface area contributed by atoms with Gasteiger partial charge in [-0.05, 0) is 25.0 Å². The van der Waals surface area contributed by atoms with Gasteiger partial charge < -0.3 is 14.7 Å². The summed E-state index contributed by atoms with van der Waals surface area (Å²) in [6.07, 6.45) is 2.04. The molecule has 0 spiro atoms. The number of amides is 1. The van der Waals surface area contributed by atoms with Gasteiger partial charge in [-0.1, -0.05) is 6.42 Å². The molecule has 21 heavy (non-hydrogen) atoms. The number of carbonyl (C=O) groups excluding carboxylic acids is 2. The van der Waals surface area contributed by atoms with Crippen molar-refractivity contribution in [3.63, 3.8) is 0 Å². The second-order valence-electron chi connectivity index (χ2n) is 4.87. The highest BCUT2D eigenvalue weighted by atomic mass is 16.5. The number of ether oxygens (including phenoxy) is 1. The minimum Gasteiger partial charge on any atom is -0.497 e. The second-order valence-corrected chi connectivity index (χ2v) is 4.87. The first kappa shape index (κ1) is 15.0. The van der Waals surface area contributed by atoms with Gasteiger partial charge in [0.15, 0.2) is 0 Å². The summed E-state index contributed by atoms with van der Waals surface area (Å²) >= 11 is 0. The van der Waals surface area contributed by atoms with Crippen LogP contribution in [0.15, 0.2) is 18.2 Å². The van der Waals surface area contributed by atoms with E-state index in [1.165, 1.54) is 12.0 Å². The molecule has 0 saturated heterocycles. The van der Waals surface area contributed by atoms with Crippen molar-refractivity contribution >= 4 is 23.3 Å². The Morgan fingerprint density at radius 1 is 1.24 bits per heavy atom. The van der Waals surface area contributed by atoms with Gasteiger partial charge in [-0.25, -0.2) is 0 Å². The van der Waals surface area contributed by atoms with Gasteiger partial charge in [-0.2, -0.15) is 0 Å². The Balaban J connectivity index is 2.02. The third-order valence-electron chi connectivity index (χ3n) is 3.45. The minimum atomic E-state index is -0.822. The molecule has 0 radical (unpaired) electrons. The van der Waals surface area contributed by atoms with Crippen LogP contribution >= 0.6 is 0 Å². The van der Waals surface area contributed by atoms with Crippen LogP contribution in [0, 0.1) is 0 Å². The third kappa shape index (κ3) is 3.21. The summed E-state index contributed by atoms with van der Waals surface area (Å²) < 4.78 is 5.11. The van der Waals surface area contributed by atoms with E-state index in [1.807, 2.05) is 0 Å². The van der Waals surface area contributed by atoms with Crippen molar-refractivity contribution in [3.8, 4) is 5.75 Å². The van der Waals surface area contributed by atoms with Crippen molar-refractivity contribution in [3.05, 3.63) is 23.8 Å². The van der Waals surface area contributed by atoms with E-state index in [-0.39, 0.29) is 6.42 Å². The van der Waals surface area contributed by atoms with Crippen LogP contribution in [0.1, 0.15) is 36.0 Å². The molecule has 0 fully saturated rings. The third-order valence-corrected chi connectivity index (χ3v) is 3.45. The zero-order valence-electron chi connectivity index (χ0n) is 11.8. The van der Waals surface area contributed by atoms with Gasteiger partial charge >= 0.3 is 5.97 Å². The van der Waals surface area contributed by atoms with Gasteiger partial charge in [0.25, 0.3) is 11.7 Å². The topological polar surface area (TPSA) is 83.9 Å². The Bertz CT molecular complexity index is 581. The Morgan fingerprint density at radius 3 is 2.67 bits per heavy atom. The molecule has 1 aromatic rings. The number of nitrogens with zero attached hydrogens (tertiary/aromatic N) is 1. The highest BCUT2D eigenvalue weighted by Crippen LogP contribution is 2.32. The van der Waals surface area contributed by atoms with Gasteiger partial charge in [0.1, 0.15) is 5.75 Å². The smallest absolute Gasteiger partial charge is 0.303 e. The number of carbonyl (C=O) groups is 3. The maximum Gasteiger partial charge on any atom is 0.303 e. The molecule has 6 nitrogen and oxygen atoms in total. The molecule has 1 aromatic carbocycles. The molecule has 2 rings (SSSR count). The largest absolute Gasteiger partial charge is 0.497 e. The summed E-state index contributed by atoms with van der Waals surface area (Å²) in [5.41, 5.74) is 0.967. The number of ketones is 1. The van der Waals surface area contributed by atoms with Crippen molar-refractivity contribution in [1.82, 2.24) is 0 Å². The van der Waals surface area contributed by atoms with E-state index in [0.717, 1.165) is 0 Å². The number of rotatable bonds is 7. The number of unbranched alkanes of at least 4 members (excludes halogenated alkanes) is 2. The van der Waals surface area contributed by atoms with Crippen LogP contribution in [0.2, 0.25) is 0 Å². The molecule has 0 bridgehead atoms. The first-order valence-electron chi connectivity index (χ1n) is 6.80. The van der Waals surface area contributed by atoms with Crippen LogP contribution in [0.3, 0.4) is 0 Å². The maximum absolute atomic E-state index is 12.0. The molecule has 1 amide bonds. The van der Waals surface area contributed by atoms with E-state index in [4.69, 9.17) is 9.84 Å². The first-order valence-corrected chi connectivity index (χ1v) is 6.80. The zero-order chi connectivity index (χ0) is 15.4. The fourth-order valence-electron chi connectivity index (χ4n) is 2.35. The standard InChI is InChI=1S/C15H17NO5/c1-21-10-6-7-11-12(9-10)16(15(20)14(11)19)8-4-2-3-5-13(17)18/h6-7,9H,2-5,8H2,1H3,(H,17,18). The number of anilines is 1. The normalized spacial score (nSPS) is 13.5. The van der Waals surface area contributed by atoms with Gasteiger partial charge in [0.2, 0.25) is 0 Å². The van der Waals surface area contributed by atoms with Crippen molar-refractivity contribution in [1.29, 1.82) is 0 Å². The van der Waals surface area contributed by atoms with Crippen molar-refractivity contribution < 1.29 is 24.2 Å². The fourth-order valence-corrected chi connectivity index (χ4v) is 2.35. The minimum absolute atomic E-state index is 0.122. The Labute approximate surface area is 122 Å². The highest BCUT2D eigenvalue weighted by Gasteiger charge is 2.35. The van der Waals surface area contributed by atoms with E-state index in [1.54, 1.807) is 18.2 Å². The monoisotopic (exact) mass is 291 g/mol. The van der Waals surface area contributed by atoms with Crippen molar-refractivity contribution in [2.24, 2.45) is 0 Å². The van der Waals surface area contributed by atoms with E-state index in [0.29, 0.717) is 42.8 Å². The summed E-state index contributed by atoms with van der Waals surface area (Å²) in [6.45, 7) is 0.407. The predicted octanol–water partition coefficient (Wildman–Crippen LogP) is 1.87. The zero-order valence-corrected chi connectivity index (χ0v) is 11.8. The van der Waals surface area contributed by atoms with Gasteiger partial charge in [0, 0.05) is 19.0 Å². The molecular weight excluding hydrogens is 274 g/mol. The molecule has 0 aromatic heterocycles. The number of carboxylic acids is 1. The van der Waals surface area contributed by atoms with E-state index < -0.39 is 17.7 Å². The van der Waals surface area contributed by atoms with Crippen molar-refractivity contribution in [2.45, 2.75) is 25.7 Å². The van der Waals surface area contributed by atoms with Crippen LogP contribution in [0.5, 0.6) is 5.75 Å². The SMILES string of the molecule is COc1ccc2c(c1)N(CCCCCC(=O)O)C(=O)C2=O. The molecule has 0 atom stereocenters. The summed E-state index contributed by atoms with van der Waals surface area (Å²) in [6, 6.07) is 4.93.